The van der Waals surface area contributed by atoms with E-state index in [0.717, 1.165) is 58.2 Å². The topological polar surface area (TPSA) is 53.9 Å². The number of carbonyl (C=O) groups excluding carboxylic acids is 2. The third-order valence-electron chi connectivity index (χ3n) is 6.92. The van der Waals surface area contributed by atoms with E-state index in [4.69, 9.17) is 0 Å². The summed E-state index contributed by atoms with van der Waals surface area (Å²) in [6.07, 6.45) is 0.941. The van der Waals surface area contributed by atoms with Crippen LogP contribution >= 0.6 is 11.8 Å². The van der Waals surface area contributed by atoms with Gasteiger partial charge in [0.05, 0.1) is 37.4 Å². The molecule has 3 aromatic carbocycles. The molecule has 0 fully saturated rings. The Balaban J connectivity index is 1.63. The van der Waals surface area contributed by atoms with Crippen molar-refractivity contribution in [2.45, 2.75) is 50.5 Å². The highest BCUT2D eigenvalue weighted by atomic mass is 32.2. The van der Waals surface area contributed by atoms with E-state index in [0.29, 0.717) is 24.2 Å². The van der Waals surface area contributed by atoms with Crippen molar-refractivity contribution in [3.05, 3.63) is 88.5 Å². The summed E-state index contributed by atoms with van der Waals surface area (Å²) in [4.78, 5) is 32.1. The van der Waals surface area contributed by atoms with Crippen LogP contribution in [0.3, 0.4) is 0 Å². The quantitative estimate of drug-likeness (QED) is 0.419. The second-order valence-corrected chi connectivity index (χ2v) is 10.5. The predicted octanol–water partition coefficient (Wildman–Crippen LogP) is 4.66. The summed E-state index contributed by atoms with van der Waals surface area (Å²) in [7, 11) is 0. The predicted molar refractivity (Wildman–Crippen MR) is 147 cm³/mol. The molecule has 0 radical (unpaired) electrons. The van der Waals surface area contributed by atoms with Crippen LogP contribution < -0.4 is 15.1 Å². The first-order chi connectivity index (χ1) is 17.4. The molecule has 0 bridgehead atoms. The highest BCUT2D eigenvalue weighted by Crippen LogP contribution is 2.42. The minimum absolute atomic E-state index is 0.0440. The fourth-order valence-corrected chi connectivity index (χ4v) is 5.66. The molecule has 3 aromatic rings. The molecule has 6 heteroatoms. The van der Waals surface area contributed by atoms with Crippen molar-refractivity contribution < 1.29 is 14.5 Å². The van der Waals surface area contributed by atoms with Gasteiger partial charge in [-0.1, -0.05) is 47.7 Å². The number of rotatable bonds is 9. The lowest BCUT2D eigenvalue weighted by atomic mass is 10.0. The molecule has 4 rings (SSSR count). The first-order valence-electron chi connectivity index (χ1n) is 12.8. The average Bonchev–Trinajstić information content (AvgIpc) is 3.00. The first-order valence-corrected chi connectivity index (χ1v) is 13.6. The van der Waals surface area contributed by atoms with Gasteiger partial charge in [0.25, 0.3) is 11.8 Å². The standard InChI is InChI=1S/C30H35N3O2S/c1-5-32(6-2)17-9-16-31-29(34)23-14-15-28-26(19-23)33(20-24-18-21(3)12-13-22(24)4)30(35)25-10-7-8-11-27(25)36-28/h7-8,10-15,18-19H,5-6,9,16-17,20H2,1-4H3,(H,31,34)/p+1. The second-order valence-electron chi connectivity index (χ2n) is 9.42. The van der Waals surface area contributed by atoms with Gasteiger partial charge in [0.1, 0.15) is 0 Å². The van der Waals surface area contributed by atoms with E-state index in [9.17, 15) is 9.59 Å². The minimum atomic E-state index is -0.0988. The van der Waals surface area contributed by atoms with Gasteiger partial charge in [-0.2, -0.15) is 0 Å². The van der Waals surface area contributed by atoms with E-state index < -0.39 is 0 Å². The lowest BCUT2D eigenvalue weighted by Gasteiger charge is -2.25. The molecule has 0 aliphatic carbocycles. The fourth-order valence-electron chi connectivity index (χ4n) is 4.61. The van der Waals surface area contributed by atoms with Crippen LogP contribution in [0.4, 0.5) is 5.69 Å². The van der Waals surface area contributed by atoms with E-state index in [1.807, 2.05) is 47.4 Å². The largest absolute Gasteiger partial charge is 0.352 e. The zero-order chi connectivity index (χ0) is 25.7. The van der Waals surface area contributed by atoms with Gasteiger partial charge < -0.3 is 15.1 Å². The number of benzene rings is 3. The fraction of sp³-hybridized carbons (Fsp3) is 0.333. The SMILES string of the molecule is CC[NH+](CC)CCCNC(=O)c1ccc2c(c1)N(Cc1cc(C)ccc1C)C(=O)c1ccccc1S2. The van der Waals surface area contributed by atoms with Gasteiger partial charge in [-0.3, -0.25) is 9.59 Å². The van der Waals surface area contributed by atoms with Crippen LogP contribution in [0.5, 0.6) is 0 Å². The normalized spacial score (nSPS) is 12.8. The summed E-state index contributed by atoms with van der Waals surface area (Å²) in [5.41, 5.74) is 5.45. The van der Waals surface area contributed by atoms with E-state index in [-0.39, 0.29) is 11.8 Å². The highest BCUT2D eigenvalue weighted by Gasteiger charge is 2.28. The number of hydrogen-bond donors (Lipinski definition) is 2. The lowest BCUT2D eigenvalue weighted by molar-refractivity contribution is -0.896. The summed E-state index contributed by atoms with van der Waals surface area (Å²) in [5, 5.41) is 3.07. The van der Waals surface area contributed by atoms with Crippen molar-refractivity contribution in [3.63, 3.8) is 0 Å². The second kappa shape index (κ2) is 11.8. The van der Waals surface area contributed by atoms with Crippen molar-refractivity contribution >= 4 is 29.3 Å². The van der Waals surface area contributed by atoms with Crippen LogP contribution in [0.25, 0.3) is 0 Å². The van der Waals surface area contributed by atoms with Crippen molar-refractivity contribution in [1.29, 1.82) is 0 Å². The molecule has 1 aliphatic heterocycles. The van der Waals surface area contributed by atoms with E-state index in [1.54, 1.807) is 11.8 Å². The molecule has 1 heterocycles. The zero-order valence-corrected chi connectivity index (χ0v) is 22.5. The monoisotopic (exact) mass is 502 g/mol. The highest BCUT2D eigenvalue weighted by molar-refractivity contribution is 7.99. The number of hydrogen-bond acceptors (Lipinski definition) is 3. The molecule has 1 aliphatic rings. The number of nitrogens with zero attached hydrogens (tertiary/aromatic N) is 1. The Labute approximate surface area is 218 Å². The number of nitrogens with one attached hydrogen (secondary N) is 2. The molecule has 36 heavy (non-hydrogen) atoms. The van der Waals surface area contributed by atoms with Gasteiger partial charge in [0.15, 0.2) is 0 Å². The molecule has 2 N–H and O–H groups in total. The maximum absolute atomic E-state index is 13.8. The zero-order valence-electron chi connectivity index (χ0n) is 21.7. The molecular weight excluding hydrogens is 466 g/mol. The van der Waals surface area contributed by atoms with Gasteiger partial charge in [0.2, 0.25) is 0 Å². The summed E-state index contributed by atoms with van der Waals surface area (Å²) >= 11 is 1.58. The molecule has 0 saturated carbocycles. The van der Waals surface area contributed by atoms with Gasteiger partial charge >= 0.3 is 0 Å². The minimum Gasteiger partial charge on any atom is -0.352 e. The number of anilines is 1. The Morgan fingerprint density at radius 3 is 2.53 bits per heavy atom. The van der Waals surface area contributed by atoms with Gasteiger partial charge in [-0.05, 0) is 69.2 Å². The van der Waals surface area contributed by atoms with Crippen molar-refractivity contribution in [2.75, 3.05) is 31.1 Å². The third kappa shape index (κ3) is 5.82. The number of aryl methyl sites for hydroxylation is 2. The van der Waals surface area contributed by atoms with Crippen LogP contribution in [0.15, 0.2) is 70.5 Å². The summed E-state index contributed by atoms with van der Waals surface area (Å²) in [6.45, 7) is 12.9. The Hall–Kier alpha value is -3.09. The molecule has 5 nitrogen and oxygen atoms in total. The maximum atomic E-state index is 13.8. The first kappa shape index (κ1) is 26.0. The Kier molecular flexibility index (Phi) is 8.49. The van der Waals surface area contributed by atoms with Crippen LogP contribution in [0.1, 0.15) is 57.7 Å². The molecule has 0 unspecified atom stereocenters. The number of amides is 2. The molecule has 0 aromatic heterocycles. The van der Waals surface area contributed by atoms with Crippen LogP contribution in [0, 0.1) is 13.8 Å². The van der Waals surface area contributed by atoms with E-state index >= 15 is 0 Å². The molecular formula is C30H36N3O2S+. The van der Waals surface area contributed by atoms with Gasteiger partial charge in [-0.15, -0.1) is 0 Å². The Morgan fingerprint density at radius 1 is 0.972 bits per heavy atom. The molecule has 0 saturated heterocycles. The van der Waals surface area contributed by atoms with Gasteiger partial charge in [-0.25, -0.2) is 0 Å². The summed E-state index contributed by atoms with van der Waals surface area (Å²) < 4.78 is 0. The van der Waals surface area contributed by atoms with Crippen LogP contribution in [-0.4, -0.2) is 38.0 Å². The summed E-state index contributed by atoms with van der Waals surface area (Å²) in [6, 6.07) is 19.8. The number of carbonyl (C=O) groups is 2. The van der Waals surface area contributed by atoms with Crippen LogP contribution in [0.2, 0.25) is 0 Å². The Morgan fingerprint density at radius 2 is 1.75 bits per heavy atom. The van der Waals surface area contributed by atoms with E-state index in [2.05, 4.69) is 51.2 Å². The number of fused-ring (bicyclic) bond motifs is 2. The lowest BCUT2D eigenvalue weighted by Crippen LogP contribution is -3.11. The smallest absolute Gasteiger partial charge is 0.259 e. The maximum Gasteiger partial charge on any atom is 0.259 e. The van der Waals surface area contributed by atoms with Gasteiger partial charge in [0, 0.05) is 28.3 Å². The van der Waals surface area contributed by atoms with Crippen LogP contribution in [-0.2, 0) is 6.54 Å². The third-order valence-corrected chi connectivity index (χ3v) is 8.06. The molecule has 0 atom stereocenters. The number of quaternary nitrogens is 1. The summed E-state index contributed by atoms with van der Waals surface area (Å²) in [5.74, 6) is -0.143. The Bertz CT molecular complexity index is 1250. The van der Waals surface area contributed by atoms with E-state index in [1.165, 1.54) is 4.90 Å². The average molecular weight is 503 g/mol. The van der Waals surface area contributed by atoms with Crippen molar-refractivity contribution in [2.24, 2.45) is 0 Å². The van der Waals surface area contributed by atoms with Crippen molar-refractivity contribution in [1.82, 2.24) is 5.32 Å². The molecule has 2 amide bonds. The van der Waals surface area contributed by atoms with Crippen molar-refractivity contribution in [3.8, 4) is 0 Å². The molecule has 0 spiro atoms. The molecule has 188 valence electrons.